The summed E-state index contributed by atoms with van der Waals surface area (Å²) < 4.78 is 14.0. The summed E-state index contributed by atoms with van der Waals surface area (Å²) in [4.78, 5) is 26.0. The molecular weight excluding hydrogens is 519 g/mol. The fourth-order valence-electron chi connectivity index (χ4n) is 6.24. The Kier molecular flexibility index (Phi) is 6.76. The van der Waals surface area contributed by atoms with E-state index in [2.05, 4.69) is 53.8 Å². The number of aromatic nitrogens is 4. The number of piperidine rings is 2. The number of anilines is 3. The maximum absolute atomic E-state index is 14.0. The maximum Gasteiger partial charge on any atom is 0.323 e. The molecule has 2 saturated heterocycles. The molecule has 0 saturated carbocycles. The van der Waals surface area contributed by atoms with Gasteiger partial charge in [-0.3, -0.25) is 5.10 Å². The zero-order chi connectivity index (χ0) is 27.8. The molecule has 0 radical (unpaired) electrons. The molecule has 10 heteroatoms. The van der Waals surface area contributed by atoms with Crippen LogP contribution < -0.4 is 15.5 Å². The number of nitrogens with zero attached hydrogens (tertiary/aromatic N) is 4. The van der Waals surface area contributed by atoms with Crippen molar-refractivity contribution in [2.45, 2.75) is 38.1 Å². The van der Waals surface area contributed by atoms with Gasteiger partial charge in [0, 0.05) is 30.2 Å². The van der Waals surface area contributed by atoms with Crippen LogP contribution in [0, 0.1) is 5.82 Å². The van der Waals surface area contributed by atoms with E-state index in [-0.39, 0.29) is 5.69 Å². The number of para-hydroxylation sites is 2. The van der Waals surface area contributed by atoms with E-state index in [0.717, 1.165) is 29.5 Å². The van der Waals surface area contributed by atoms with Crippen LogP contribution in [0.5, 0.6) is 0 Å². The summed E-state index contributed by atoms with van der Waals surface area (Å²) >= 11 is 0. The monoisotopic (exact) mass is 552 g/mol. The van der Waals surface area contributed by atoms with Gasteiger partial charge in [-0.1, -0.05) is 30.7 Å². The van der Waals surface area contributed by atoms with Gasteiger partial charge in [-0.05, 0) is 75.2 Å². The van der Waals surface area contributed by atoms with Gasteiger partial charge in [0.2, 0.25) is 0 Å². The van der Waals surface area contributed by atoms with E-state index in [4.69, 9.17) is 4.98 Å². The molecule has 0 atom stereocenters. The predicted molar refractivity (Wildman–Crippen MR) is 161 cm³/mol. The lowest BCUT2D eigenvalue weighted by atomic mass is 9.99. The molecule has 4 N–H and O–H groups in total. The van der Waals surface area contributed by atoms with Crippen molar-refractivity contribution in [3.05, 3.63) is 66.5 Å². The number of carbonyl (C=O) groups is 1. The Balaban J connectivity index is 1.08. The summed E-state index contributed by atoms with van der Waals surface area (Å²) in [5.74, 6) is 0.153. The van der Waals surface area contributed by atoms with E-state index in [9.17, 15) is 9.18 Å². The molecular formula is C31H33FN8O. The predicted octanol–water partition coefficient (Wildman–Crippen LogP) is 6.34. The van der Waals surface area contributed by atoms with Crippen molar-refractivity contribution in [1.82, 2.24) is 25.1 Å². The van der Waals surface area contributed by atoms with Gasteiger partial charge in [0.25, 0.3) is 0 Å². The Hall–Kier alpha value is -4.44. The maximum atomic E-state index is 14.0. The average molecular weight is 553 g/mol. The van der Waals surface area contributed by atoms with E-state index in [1.54, 1.807) is 18.2 Å². The third kappa shape index (κ3) is 5.11. The zero-order valence-electron chi connectivity index (χ0n) is 22.8. The van der Waals surface area contributed by atoms with Gasteiger partial charge in [-0.25, -0.2) is 14.2 Å². The summed E-state index contributed by atoms with van der Waals surface area (Å²) in [5.41, 5.74) is 5.01. The van der Waals surface area contributed by atoms with Crippen LogP contribution in [0.1, 0.15) is 32.1 Å². The number of nitrogens with one attached hydrogen (secondary N) is 4. The Bertz CT molecular complexity index is 1700. The van der Waals surface area contributed by atoms with E-state index < -0.39 is 11.8 Å². The number of H-pyrrole nitrogens is 2. The highest BCUT2D eigenvalue weighted by Gasteiger charge is 2.26. The minimum Gasteiger partial charge on any atom is -0.371 e. The van der Waals surface area contributed by atoms with Crippen molar-refractivity contribution in [2.75, 3.05) is 41.7 Å². The molecule has 0 bridgehead atoms. The SMILES string of the molecule is O=C(Nc1ccccc1F)Nc1cccc2c(-c3nc4ccc(N5CCC(N6CCCCC6)CC5)cc4[nH]3)n[nH]c12. The Morgan fingerprint density at radius 3 is 2.51 bits per heavy atom. The van der Waals surface area contributed by atoms with Gasteiger partial charge in [0.15, 0.2) is 5.82 Å². The standard InChI is InChI=1S/C31H33FN8O/c32-23-8-2-3-9-24(23)35-31(41)36-26-10-6-7-22-28(26)37-38-29(22)30-33-25-12-11-21(19-27(25)34-30)40-17-13-20(14-18-40)39-15-4-1-5-16-39/h2-3,6-12,19-20H,1,4-5,13-18H2,(H,33,34)(H,37,38)(H2,35,36,41). The molecule has 2 aliphatic heterocycles. The first-order valence-electron chi connectivity index (χ1n) is 14.4. The van der Waals surface area contributed by atoms with Gasteiger partial charge in [-0.15, -0.1) is 0 Å². The van der Waals surface area contributed by atoms with Crippen LogP contribution in [0.15, 0.2) is 60.7 Å². The third-order valence-electron chi connectivity index (χ3n) is 8.40. The molecule has 2 amide bonds. The number of benzene rings is 3. The Morgan fingerprint density at radius 1 is 0.902 bits per heavy atom. The fraction of sp³-hybridized carbons (Fsp3) is 0.323. The van der Waals surface area contributed by atoms with E-state index in [1.807, 2.05) is 12.1 Å². The van der Waals surface area contributed by atoms with Crippen molar-refractivity contribution < 1.29 is 9.18 Å². The highest BCUT2D eigenvalue weighted by Crippen LogP contribution is 2.32. The molecule has 4 heterocycles. The second-order valence-electron chi connectivity index (χ2n) is 11.0. The van der Waals surface area contributed by atoms with Gasteiger partial charge >= 0.3 is 6.03 Å². The van der Waals surface area contributed by atoms with Gasteiger partial charge < -0.3 is 25.4 Å². The number of aromatic amines is 2. The Morgan fingerprint density at radius 2 is 1.68 bits per heavy atom. The molecule has 0 aliphatic carbocycles. The van der Waals surface area contributed by atoms with Gasteiger partial charge in [0.05, 0.1) is 27.9 Å². The molecule has 2 fully saturated rings. The number of carbonyl (C=O) groups excluding carboxylic acids is 1. The van der Waals surface area contributed by atoms with Crippen molar-refractivity contribution in [3.8, 4) is 11.5 Å². The van der Waals surface area contributed by atoms with Crippen molar-refractivity contribution in [2.24, 2.45) is 0 Å². The van der Waals surface area contributed by atoms with Crippen LogP contribution in [0.25, 0.3) is 33.5 Å². The second-order valence-corrected chi connectivity index (χ2v) is 11.0. The van der Waals surface area contributed by atoms with Crippen LogP contribution in [0.2, 0.25) is 0 Å². The molecule has 2 aromatic heterocycles. The summed E-state index contributed by atoms with van der Waals surface area (Å²) in [6.45, 7) is 4.65. The van der Waals surface area contributed by atoms with Crippen LogP contribution in [-0.4, -0.2) is 63.3 Å². The molecule has 9 nitrogen and oxygen atoms in total. The van der Waals surface area contributed by atoms with Crippen molar-refractivity contribution in [3.63, 3.8) is 0 Å². The normalized spacial score (nSPS) is 16.9. The minimum absolute atomic E-state index is 0.107. The quantitative estimate of drug-likeness (QED) is 0.204. The fourth-order valence-corrected chi connectivity index (χ4v) is 6.24. The molecule has 7 rings (SSSR count). The lowest BCUT2D eigenvalue weighted by Gasteiger charge is -2.41. The number of imidazole rings is 1. The van der Waals surface area contributed by atoms with Gasteiger partial charge in [0.1, 0.15) is 11.5 Å². The molecule has 2 aliphatic rings. The number of amides is 2. The Labute approximate surface area is 237 Å². The summed E-state index contributed by atoms with van der Waals surface area (Å²) in [5, 5.41) is 13.7. The first-order chi connectivity index (χ1) is 20.1. The second kappa shape index (κ2) is 10.9. The minimum atomic E-state index is -0.546. The van der Waals surface area contributed by atoms with E-state index in [0.29, 0.717) is 28.8 Å². The number of halogens is 1. The molecule has 3 aromatic carbocycles. The van der Waals surface area contributed by atoms with Crippen LogP contribution in [-0.2, 0) is 0 Å². The first kappa shape index (κ1) is 25.5. The molecule has 41 heavy (non-hydrogen) atoms. The van der Waals surface area contributed by atoms with E-state index >= 15 is 0 Å². The topological polar surface area (TPSA) is 105 Å². The van der Waals surface area contributed by atoms with Gasteiger partial charge in [-0.2, -0.15) is 5.10 Å². The zero-order valence-corrected chi connectivity index (χ0v) is 22.8. The number of urea groups is 1. The molecule has 5 aromatic rings. The first-order valence-corrected chi connectivity index (χ1v) is 14.4. The summed E-state index contributed by atoms with van der Waals surface area (Å²) in [6, 6.07) is 18.2. The van der Waals surface area contributed by atoms with Crippen LogP contribution >= 0.6 is 0 Å². The van der Waals surface area contributed by atoms with Crippen molar-refractivity contribution in [1.29, 1.82) is 0 Å². The number of fused-ring (bicyclic) bond motifs is 2. The summed E-state index contributed by atoms with van der Waals surface area (Å²) in [7, 11) is 0. The van der Waals surface area contributed by atoms with Crippen molar-refractivity contribution >= 4 is 45.0 Å². The molecule has 0 spiro atoms. The number of rotatable bonds is 5. The molecule has 210 valence electrons. The largest absolute Gasteiger partial charge is 0.371 e. The van der Waals surface area contributed by atoms with Crippen LogP contribution in [0.3, 0.4) is 0 Å². The number of likely N-dealkylation sites (tertiary alicyclic amines) is 1. The average Bonchev–Trinajstić information content (AvgIpc) is 3.63. The van der Waals surface area contributed by atoms with Crippen LogP contribution in [0.4, 0.5) is 26.2 Å². The highest BCUT2D eigenvalue weighted by atomic mass is 19.1. The highest BCUT2D eigenvalue weighted by molar-refractivity contribution is 6.07. The third-order valence-corrected chi connectivity index (χ3v) is 8.40. The summed E-state index contributed by atoms with van der Waals surface area (Å²) in [6.07, 6.45) is 6.47. The smallest absolute Gasteiger partial charge is 0.323 e. The van der Waals surface area contributed by atoms with E-state index in [1.165, 1.54) is 63.0 Å². The molecule has 0 unspecified atom stereocenters. The number of hydrogen-bond donors (Lipinski definition) is 4. The lowest BCUT2D eigenvalue weighted by molar-refractivity contribution is 0.141. The lowest BCUT2D eigenvalue weighted by Crippen LogP contribution is -2.46. The number of hydrogen-bond acceptors (Lipinski definition) is 5.